The van der Waals surface area contributed by atoms with Crippen LogP contribution in [0.1, 0.15) is 50.7 Å². The molecule has 2 aromatic carbocycles. The van der Waals surface area contributed by atoms with Gasteiger partial charge in [0.2, 0.25) is 0 Å². The van der Waals surface area contributed by atoms with E-state index < -0.39 is 41.4 Å². The minimum Gasteiger partial charge on any atom is -0.445 e. The van der Waals surface area contributed by atoms with E-state index in [4.69, 9.17) is 9.47 Å². The van der Waals surface area contributed by atoms with Gasteiger partial charge in [-0.1, -0.05) is 42.5 Å². The zero-order chi connectivity index (χ0) is 24.0. The lowest BCUT2D eigenvalue weighted by atomic mass is 9.93. The van der Waals surface area contributed by atoms with Gasteiger partial charge in [-0.25, -0.2) is 18.4 Å². The Morgan fingerprint density at radius 1 is 1.03 bits per heavy atom. The van der Waals surface area contributed by atoms with Crippen molar-refractivity contribution in [2.24, 2.45) is 0 Å². The molecule has 6 nitrogen and oxygen atoms in total. The zero-order valence-corrected chi connectivity index (χ0v) is 19.1. The van der Waals surface area contributed by atoms with Crippen molar-refractivity contribution in [3.05, 3.63) is 71.3 Å². The summed E-state index contributed by atoms with van der Waals surface area (Å²) in [5, 5.41) is 2.79. The lowest BCUT2D eigenvalue weighted by Gasteiger charge is -2.27. The molecule has 2 amide bonds. The first-order valence-electron chi connectivity index (χ1n) is 11.0. The fourth-order valence-corrected chi connectivity index (χ4v) is 3.83. The number of nitrogens with one attached hydrogen (secondary N) is 1. The Hall–Kier alpha value is -3.16. The number of nitrogens with zero attached hydrogens (tertiary/aromatic N) is 1. The normalized spacial score (nSPS) is 18.9. The number of amides is 2. The summed E-state index contributed by atoms with van der Waals surface area (Å²) >= 11 is 0. The molecule has 1 saturated heterocycles. The van der Waals surface area contributed by atoms with Gasteiger partial charge in [0.05, 0.1) is 0 Å². The van der Waals surface area contributed by atoms with Gasteiger partial charge in [-0.05, 0) is 50.8 Å². The lowest BCUT2D eigenvalue weighted by molar-refractivity contribution is 0.0483. The first-order chi connectivity index (χ1) is 15.6. The van der Waals surface area contributed by atoms with Crippen LogP contribution in [0.15, 0.2) is 48.5 Å². The Morgan fingerprint density at radius 3 is 2.45 bits per heavy atom. The second-order valence-electron chi connectivity index (χ2n) is 9.21. The summed E-state index contributed by atoms with van der Waals surface area (Å²) in [6.45, 7) is 5.67. The number of ether oxygens (including phenoxy) is 2. The van der Waals surface area contributed by atoms with Gasteiger partial charge in [0.25, 0.3) is 0 Å². The summed E-state index contributed by atoms with van der Waals surface area (Å²) in [5.41, 5.74) is 0.363. The summed E-state index contributed by atoms with van der Waals surface area (Å²) in [4.78, 5) is 26.6. The quantitative estimate of drug-likeness (QED) is 0.666. The topological polar surface area (TPSA) is 67.9 Å². The standard InChI is InChI=1S/C25H30F2N2O4/c1-25(2,3)33-23(30)28-19-13-12-18(20-10-7-11-21(26)22(20)27)14-29(15-19)24(31)32-16-17-8-5-4-6-9-17/h4-11,18-19H,12-16H2,1-3H3,(H,28,30)/t18-,19-/m1/s1. The fourth-order valence-electron chi connectivity index (χ4n) is 3.83. The molecule has 8 heteroatoms. The van der Waals surface area contributed by atoms with Gasteiger partial charge in [-0.3, -0.25) is 0 Å². The molecular formula is C25H30F2N2O4. The smallest absolute Gasteiger partial charge is 0.410 e. The van der Waals surface area contributed by atoms with E-state index in [9.17, 15) is 18.4 Å². The molecule has 0 spiro atoms. The van der Waals surface area contributed by atoms with Crippen LogP contribution in [-0.4, -0.2) is 41.8 Å². The van der Waals surface area contributed by atoms with Gasteiger partial charge in [-0.15, -0.1) is 0 Å². The second kappa shape index (κ2) is 10.6. The maximum atomic E-state index is 14.5. The number of hydrogen-bond acceptors (Lipinski definition) is 4. The lowest BCUT2D eigenvalue weighted by Crippen LogP contribution is -2.46. The van der Waals surface area contributed by atoms with Crippen molar-refractivity contribution in [1.29, 1.82) is 0 Å². The summed E-state index contributed by atoms with van der Waals surface area (Å²) in [6.07, 6.45) is -0.273. The van der Waals surface area contributed by atoms with Crippen molar-refractivity contribution in [2.75, 3.05) is 13.1 Å². The highest BCUT2D eigenvalue weighted by molar-refractivity contribution is 5.69. The van der Waals surface area contributed by atoms with Crippen LogP contribution in [-0.2, 0) is 16.1 Å². The molecule has 0 saturated carbocycles. The molecule has 0 aromatic heterocycles. The molecule has 1 N–H and O–H groups in total. The van der Waals surface area contributed by atoms with Crippen molar-refractivity contribution in [2.45, 2.75) is 57.8 Å². The number of rotatable bonds is 4. The third-order valence-corrected chi connectivity index (χ3v) is 5.35. The van der Waals surface area contributed by atoms with Gasteiger partial charge in [0.15, 0.2) is 11.6 Å². The minimum absolute atomic E-state index is 0.0827. The molecular weight excluding hydrogens is 430 g/mol. The molecule has 1 aliphatic heterocycles. The number of halogens is 2. The molecule has 1 heterocycles. The molecule has 0 unspecified atom stereocenters. The van der Waals surface area contributed by atoms with Crippen molar-refractivity contribution >= 4 is 12.2 Å². The van der Waals surface area contributed by atoms with Gasteiger partial charge >= 0.3 is 12.2 Å². The number of alkyl carbamates (subject to hydrolysis) is 1. The largest absolute Gasteiger partial charge is 0.445 e. The van der Waals surface area contributed by atoms with Crippen LogP contribution in [0.2, 0.25) is 0 Å². The third-order valence-electron chi connectivity index (χ3n) is 5.35. The van der Waals surface area contributed by atoms with E-state index in [0.29, 0.717) is 12.8 Å². The number of benzene rings is 2. The average molecular weight is 461 g/mol. The highest BCUT2D eigenvalue weighted by atomic mass is 19.2. The number of likely N-dealkylation sites (tertiary alicyclic amines) is 1. The van der Waals surface area contributed by atoms with Crippen LogP contribution < -0.4 is 5.32 Å². The Labute approximate surface area is 192 Å². The summed E-state index contributed by atoms with van der Waals surface area (Å²) < 4.78 is 39.2. The number of hydrogen-bond donors (Lipinski definition) is 1. The van der Waals surface area contributed by atoms with Gasteiger partial charge in [-0.2, -0.15) is 0 Å². The average Bonchev–Trinajstić information content (AvgIpc) is 2.96. The molecule has 3 rings (SSSR count). The van der Waals surface area contributed by atoms with Crippen molar-refractivity contribution in [3.8, 4) is 0 Å². The number of carbonyl (C=O) groups is 2. The maximum Gasteiger partial charge on any atom is 0.410 e. The van der Waals surface area contributed by atoms with Gasteiger partial charge < -0.3 is 19.7 Å². The molecule has 33 heavy (non-hydrogen) atoms. The summed E-state index contributed by atoms with van der Waals surface area (Å²) in [6, 6.07) is 12.9. The molecule has 0 bridgehead atoms. The van der Waals surface area contributed by atoms with Crippen molar-refractivity contribution in [1.82, 2.24) is 10.2 Å². The molecule has 2 atom stereocenters. The third kappa shape index (κ3) is 7.17. The maximum absolute atomic E-state index is 14.5. The molecule has 0 aliphatic carbocycles. The Bertz CT molecular complexity index is 963. The zero-order valence-electron chi connectivity index (χ0n) is 19.1. The fraction of sp³-hybridized carbons (Fsp3) is 0.440. The van der Waals surface area contributed by atoms with E-state index in [1.165, 1.54) is 17.0 Å². The van der Waals surface area contributed by atoms with Crippen LogP contribution in [0.3, 0.4) is 0 Å². The Morgan fingerprint density at radius 2 is 1.76 bits per heavy atom. The minimum atomic E-state index is -0.932. The van der Waals surface area contributed by atoms with Crippen LogP contribution in [0.5, 0.6) is 0 Å². The first-order valence-corrected chi connectivity index (χ1v) is 11.0. The van der Waals surface area contributed by atoms with E-state index in [1.54, 1.807) is 20.8 Å². The summed E-state index contributed by atoms with van der Waals surface area (Å²) in [5.74, 6) is -2.30. The van der Waals surface area contributed by atoms with E-state index in [2.05, 4.69) is 5.32 Å². The summed E-state index contributed by atoms with van der Waals surface area (Å²) in [7, 11) is 0. The van der Waals surface area contributed by atoms with Crippen molar-refractivity contribution < 1.29 is 27.8 Å². The first kappa shape index (κ1) is 24.5. The van der Waals surface area contributed by atoms with E-state index >= 15 is 0 Å². The highest BCUT2D eigenvalue weighted by Gasteiger charge is 2.32. The van der Waals surface area contributed by atoms with Crippen LogP contribution in [0.25, 0.3) is 0 Å². The predicted molar refractivity (Wildman–Crippen MR) is 120 cm³/mol. The highest BCUT2D eigenvalue weighted by Crippen LogP contribution is 2.30. The predicted octanol–water partition coefficient (Wildman–Crippen LogP) is 5.37. The second-order valence-corrected chi connectivity index (χ2v) is 9.21. The van der Waals surface area contributed by atoms with Crippen molar-refractivity contribution in [3.63, 3.8) is 0 Å². The number of carbonyl (C=O) groups excluding carboxylic acids is 2. The van der Waals surface area contributed by atoms with Crippen LogP contribution >= 0.6 is 0 Å². The van der Waals surface area contributed by atoms with E-state index in [0.717, 1.165) is 11.6 Å². The Kier molecular flexibility index (Phi) is 7.89. The van der Waals surface area contributed by atoms with Crippen LogP contribution in [0, 0.1) is 11.6 Å². The Balaban J connectivity index is 1.76. The molecule has 1 aliphatic rings. The molecule has 1 fully saturated rings. The van der Waals surface area contributed by atoms with E-state index in [1.807, 2.05) is 30.3 Å². The molecule has 0 radical (unpaired) electrons. The molecule has 2 aromatic rings. The van der Waals surface area contributed by atoms with Gasteiger partial charge in [0.1, 0.15) is 12.2 Å². The van der Waals surface area contributed by atoms with Crippen LogP contribution in [0.4, 0.5) is 18.4 Å². The van der Waals surface area contributed by atoms with Gasteiger partial charge in [0, 0.05) is 25.0 Å². The van der Waals surface area contributed by atoms with E-state index in [-0.39, 0.29) is 25.3 Å². The monoisotopic (exact) mass is 460 g/mol. The SMILES string of the molecule is CC(C)(C)OC(=O)N[C@@H]1CC[C@@H](c2cccc(F)c2F)CN(C(=O)OCc2ccccc2)C1. The molecule has 178 valence electrons.